The third-order valence-electron chi connectivity index (χ3n) is 4.58. The zero-order chi connectivity index (χ0) is 14.7. The minimum atomic E-state index is 0.375. The minimum absolute atomic E-state index is 0.375. The van der Waals surface area contributed by atoms with Crippen molar-refractivity contribution >= 4 is 34.1 Å². The number of rotatable bonds is 5. The molecule has 116 valence electrons. The Bertz CT molecular complexity index is 465. The van der Waals surface area contributed by atoms with Crippen molar-refractivity contribution in [3.63, 3.8) is 0 Å². The van der Waals surface area contributed by atoms with Crippen LogP contribution in [0.3, 0.4) is 0 Å². The molecule has 1 aromatic heterocycles. The van der Waals surface area contributed by atoms with Crippen molar-refractivity contribution in [2.75, 3.05) is 36.5 Å². The van der Waals surface area contributed by atoms with E-state index >= 15 is 0 Å². The van der Waals surface area contributed by atoms with Gasteiger partial charge in [-0.15, -0.1) is 11.3 Å². The SMILES string of the molecule is CSCCCN1C(=O)CC[C@H]2CN(c3nccs3)CC[C@H]21. The Labute approximate surface area is 134 Å². The molecule has 0 radical (unpaired) electrons. The van der Waals surface area contributed by atoms with E-state index < -0.39 is 0 Å². The molecule has 2 fully saturated rings. The highest BCUT2D eigenvalue weighted by Gasteiger charge is 2.39. The van der Waals surface area contributed by atoms with E-state index in [-0.39, 0.29) is 0 Å². The van der Waals surface area contributed by atoms with E-state index in [1.54, 1.807) is 11.3 Å². The van der Waals surface area contributed by atoms with Crippen molar-refractivity contribution < 1.29 is 4.79 Å². The van der Waals surface area contributed by atoms with Gasteiger partial charge in [0.05, 0.1) is 0 Å². The number of likely N-dealkylation sites (tertiary alicyclic amines) is 1. The lowest BCUT2D eigenvalue weighted by Gasteiger charge is -2.47. The summed E-state index contributed by atoms with van der Waals surface area (Å²) >= 11 is 3.58. The number of hydrogen-bond acceptors (Lipinski definition) is 5. The zero-order valence-corrected chi connectivity index (χ0v) is 14.2. The highest BCUT2D eigenvalue weighted by atomic mass is 32.2. The van der Waals surface area contributed by atoms with Crippen LogP contribution in [0.5, 0.6) is 0 Å². The highest BCUT2D eigenvalue weighted by Crippen LogP contribution is 2.33. The maximum Gasteiger partial charge on any atom is 0.222 e. The number of piperidine rings is 2. The van der Waals surface area contributed by atoms with E-state index in [2.05, 4.69) is 21.0 Å². The van der Waals surface area contributed by atoms with Gasteiger partial charge in [-0.2, -0.15) is 11.8 Å². The smallest absolute Gasteiger partial charge is 0.222 e. The summed E-state index contributed by atoms with van der Waals surface area (Å²) in [6.45, 7) is 3.03. The third kappa shape index (κ3) is 3.37. The van der Waals surface area contributed by atoms with Crippen LogP contribution in [0, 0.1) is 5.92 Å². The summed E-state index contributed by atoms with van der Waals surface area (Å²) in [7, 11) is 0. The van der Waals surface area contributed by atoms with Gasteiger partial charge in [0, 0.05) is 43.7 Å². The monoisotopic (exact) mass is 325 g/mol. The van der Waals surface area contributed by atoms with Gasteiger partial charge in [-0.1, -0.05) is 0 Å². The lowest BCUT2D eigenvalue weighted by Crippen LogP contribution is -2.56. The first-order valence-electron chi connectivity index (χ1n) is 7.72. The average Bonchev–Trinajstić information content (AvgIpc) is 3.03. The zero-order valence-electron chi connectivity index (χ0n) is 12.5. The summed E-state index contributed by atoms with van der Waals surface area (Å²) in [6.07, 6.45) is 8.00. The maximum absolute atomic E-state index is 12.2. The Kier molecular flexibility index (Phi) is 5.06. The molecule has 0 bridgehead atoms. The third-order valence-corrected chi connectivity index (χ3v) is 6.11. The molecule has 0 unspecified atom stereocenters. The van der Waals surface area contributed by atoms with Crippen LogP contribution in [0.15, 0.2) is 11.6 Å². The molecule has 0 spiro atoms. The summed E-state index contributed by atoms with van der Waals surface area (Å²) in [4.78, 5) is 21.3. The van der Waals surface area contributed by atoms with Crippen LogP contribution in [0.25, 0.3) is 0 Å². The molecule has 0 saturated carbocycles. The van der Waals surface area contributed by atoms with Crippen molar-refractivity contribution in [2.24, 2.45) is 5.92 Å². The minimum Gasteiger partial charge on any atom is -0.348 e. The predicted molar refractivity (Wildman–Crippen MR) is 90.2 cm³/mol. The fraction of sp³-hybridized carbons (Fsp3) is 0.733. The van der Waals surface area contributed by atoms with E-state index in [4.69, 9.17) is 0 Å². The summed E-state index contributed by atoms with van der Waals surface area (Å²) in [6, 6.07) is 0.462. The molecule has 2 aliphatic heterocycles. The van der Waals surface area contributed by atoms with Gasteiger partial charge < -0.3 is 9.80 Å². The van der Waals surface area contributed by atoms with E-state index in [0.29, 0.717) is 17.9 Å². The van der Waals surface area contributed by atoms with E-state index in [9.17, 15) is 4.79 Å². The number of anilines is 1. The molecule has 2 atom stereocenters. The number of thiazole rings is 1. The van der Waals surface area contributed by atoms with Crippen LogP contribution < -0.4 is 4.90 Å². The van der Waals surface area contributed by atoms with E-state index in [1.165, 1.54) is 0 Å². The number of amides is 1. The predicted octanol–water partition coefficient (Wildman–Crippen LogP) is 2.71. The van der Waals surface area contributed by atoms with Crippen LogP contribution in [0.4, 0.5) is 5.13 Å². The second kappa shape index (κ2) is 7.01. The van der Waals surface area contributed by atoms with Gasteiger partial charge in [0.25, 0.3) is 0 Å². The molecule has 4 nitrogen and oxygen atoms in total. The van der Waals surface area contributed by atoms with Crippen LogP contribution in [-0.4, -0.2) is 53.5 Å². The highest BCUT2D eigenvalue weighted by molar-refractivity contribution is 7.98. The normalized spacial score (nSPS) is 26.0. The Morgan fingerprint density at radius 1 is 1.48 bits per heavy atom. The average molecular weight is 326 g/mol. The molecule has 0 N–H and O–H groups in total. The Morgan fingerprint density at radius 3 is 3.14 bits per heavy atom. The van der Waals surface area contributed by atoms with Crippen LogP contribution in [-0.2, 0) is 4.79 Å². The second-order valence-electron chi connectivity index (χ2n) is 5.85. The van der Waals surface area contributed by atoms with Crippen molar-refractivity contribution in [3.05, 3.63) is 11.6 Å². The van der Waals surface area contributed by atoms with E-state index in [1.807, 2.05) is 23.3 Å². The van der Waals surface area contributed by atoms with Gasteiger partial charge in [-0.05, 0) is 37.2 Å². The standard InChI is InChI=1S/C15H23N3OS2/c1-20-9-2-7-18-13-5-8-17(15-16-6-10-21-15)11-12(13)3-4-14(18)19/h6,10,12-13H,2-5,7-9,11H2,1H3/t12-,13+/m0/s1. The van der Waals surface area contributed by atoms with Gasteiger partial charge in [0.2, 0.25) is 5.91 Å². The summed E-state index contributed by atoms with van der Waals surface area (Å²) < 4.78 is 0. The molecule has 0 aromatic carbocycles. The number of thioether (sulfide) groups is 1. The van der Waals surface area contributed by atoms with Crippen molar-refractivity contribution in [2.45, 2.75) is 31.7 Å². The molecule has 2 aliphatic rings. The number of hydrogen-bond donors (Lipinski definition) is 0. The summed E-state index contributed by atoms with van der Waals surface area (Å²) in [5.41, 5.74) is 0. The lowest BCUT2D eigenvalue weighted by atomic mass is 9.83. The Morgan fingerprint density at radius 2 is 2.38 bits per heavy atom. The van der Waals surface area contributed by atoms with Crippen molar-refractivity contribution in [3.8, 4) is 0 Å². The molecule has 21 heavy (non-hydrogen) atoms. The van der Waals surface area contributed by atoms with Crippen LogP contribution in [0.2, 0.25) is 0 Å². The fourth-order valence-electron chi connectivity index (χ4n) is 3.57. The van der Waals surface area contributed by atoms with Gasteiger partial charge in [-0.3, -0.25) is 4.79 Å². The topological polar surface area (TPSA) is 36.4 Å². The molecule has 6 heteroatoms. The summed E-state index contributed by atoms with van der Waals surface area (Å²) in [5, 5.41) is 3.18. The number of fused-ring (bicyclic) bond motifs is 1. The summed E-state index contributed by atoms with van der Waals surface area (Å²) in [5.74, 6) is 2.14. The first-order chi connectivity index (χ1) is 10.3. The molecule has 1 aromatic rings. The molecule has 3 rings (SSSR count). The van der Waals surface area contributed by atoms with Gasteiger partial charge in [-0.25, -0.2) is 4.98 Å². The van der Waals surface area contributed by atoms with Gasteiger partial charge in [0.15, 0.2) is 5.13 Å². The molecular formula is C15H23N3OS2. The van der Waals surface area contributed by atoms with Gasteiger partial charge in [0.1, 0.15) is 0 Å². The number of aromatic nitrogens is 1. The molecule has 0 aliphatic carbocycles. The number of carbonyl (C=O) groups is 1. The number of carbonyl (C=O) groups excluding carboxylic acids is 1. The number of nitrogens with zero attached hydrogens (tertiary/aromatic N) is 3. The molecule has 1 amide bonds. The van der Waals surface area contributed by atoms with Gasteiger partial charge >= 0.3 is 0 Å². The lowest BCUT2D eigenvalue weighted by molar-refractivity contribution is -0.139. The quantitative estimate of drug-likeness (QED) is 0.780. The van der Waals surface area contributed by atoms with Crippen molar-refractivity contribution in [1.82, 2.24) is 9.88 Å². The maximum atomic E-state index is 12.2. The largest absolute Gasteiger partial charge is 0.348 e. The van der Waals surface area contributed by atoms with E-state index in [0.717, 1.165) is 56.2 Å². The fourth-order valence-corrected chi connectivity index (χ4v) is 4.66. The first kappa shape index (κ1) is 15.2. The van der Waals surface area contributed by atoms with Crippen LogP contribution in [0.1, 0.15) is 25.7 Å². The van der Waals surface area contributed by atoms with Crippen molar-refractivity contribution in [1.29, 1.82) is 0 Å². The molecular weight excluding hydrogens is 302 g/mol. The Hall–Kier alpha value is -0.750. The molecule has 2 saturated heterocycles. The molecule has 3 heterocycles. The Balaban J connectivity index is 1.63. The first-order valence-corrected chi connectivity index (χ1v) is 10.00. The van der Waals surface area contributed by atoms with Crippen LogP contribution >= 0.6 is 23.1 Å². The second-order valence-corrected chi connectivity index (χ2v) is 7.71.